The largest absolute Gasteiger partial charge is 0.493 e. The molecule has 0 atom stereocenters. The van der Waals surface area contributed by atoms with Crippen molar-refractivity contribution in [3.8, 4) is 11.5 Å². The van der Waals surface area contributed by atoms with Crippen molar-refractivity contribution in [2.45, 2.75) is 12.8 Å². The van der Waals surface area contributed by atoms with Gasteiger partial charge in [-0.25, -0.2) is 0 Å². The first-order chi connectivity index (χ1) is 8.36. The molecule has 0 spiro atoms. The fourth-order valence-electron chi connectivity index (χ4n) is 1.33. The number of ether oxygens (including phenoxy) is 2. The van der Waals surface area contributed by atoms with E-state index in [1.807, 2.05) is 31.3 Å². The molecule has 0 saturated heterocycles. The van der Waals surface area contributed by atoms with Crippen LogP contribution >= 0.6 is 0 Å². The average Bonchev–Trinajstić information content (AvgIpc) is 2.36. The summed E-state index contributed by atoms with van der Waals surface area (Å²) in [5, 5.41) is 11.7. The van der Waals surface area contributed by atoms with E-state index in [1.54, 1.807) is 0 Å². The number of hydrogen-bond acceptors (Lipinski definition) is 4. The van der Waals surface area contributed by atoms with Gasteiger partial charge in [0.2, 0.25) is 0 Å². The molecule has 96 valence electrons. The van der Waals surface area contributed by atoms with Crippen LogP contribution in [0.1, 0.15) is 12.8 Å². The van der Waals surface area contributed by atoms with Crippen LogP contribution < -0.4 is 14.8 Å². The fraction of sp³-hybridized carbons (Fsp3) is 0.538. The van der Waals surface area contributed by atoms with E-state index in [9.17, 15) is 0 Å². The van der Waals surface area contributed by atoms with E-state index in [0.29, 0.717) is 13.2 Å². The Morgan fingerprint density at radius 3 is 2.47 bits per heavy atom. The number of aliphatic hydroxyl groups excluding tert-OH is 1. The maximum atomic E-state index is 8.65. The summed E-state index contributed by atoms with van der Waals surface area (Å²) in [7, 11) is 1.89. The van der Waals surface area contributed by atoms with Crippen molar-refractivity contribution in [1.29, 1.82) is 0 Å². The first-order valence-electron chi connectivity index (χ1n) is 5.98. The quantitative estimate of drug-likeness (QED) is 0.640. The first kappa shape index (κ1) is 13.8. The highest BCUT2D eigenvalue weighted by molar-refractivity contribution is 5.32. The van der Waals surface area contributed by atoms with E-state index < -0.39 is 0 Å². The monoisotopic (exact) mass is 239 g/mol. The molecule has 0 aromatic heterocycles. The Labute approximate surface area is 103 Å². The molecule has 1 aromatic rings. The lowest BCUT2D eigenvalue weighted by Gasteiger charge is -2.09. The Morgan fingerprint density at radius 2 is 1.82 bits per heavy atom. The second kappa shape index (κ2) is 8.84. The third-order valence-electron chi connectivity index (χ3n) is 2.25. The first-order valence-corrected chi connectivity index (χ1v) is 5.98. The van der Waals surface area contributed by atoms with E-state index in [2.05, 4.69) is 5.32 Å². The molecule has 0 fully saturated rings. The SMILES string of the molecule is CNCCOc1cccc(OCCCCO)c1. The minimum atomic E-state index is 0.219. The predicted octanol–water partition coefficient (Wildman–Crippen LogP) is 1.44. The molecule has 17 heavy (non-hydrogen) atoms. The Bertz CT molecular complexity index is 304. The summed E-state index contributed by atoms with van der Waals surface area (Å²) in [6, 6.07) is 7.62. The van der Waals surface area contributed by atoms with Crippen LogP contribution in [0.4, 0.5) is 0 Å². The van der Waals surface area contributed by atoms with Crippen LogP contribution in [0.25, 0.3) is 0 Å². The second-order valence-electron chi connectivity index (χ2n) is 3.71. The summed E-state index contributed by atoms with van der Waals surface area (Å²) < 4.78 is 11.1. The van der Waals surface area contributed by atoms with Crippen molar-refractivity contribution in [2.24, 2.45) is 0 Å². The van der Waals surface area contributed by atoms with Crippen molar-refractivity contribution < 1.29 is 14.6 Å². The van der Waals surface area contributed by atoms with E-state index >= 15 is 0 Å². The lowest BCUT2D eigenvalue weighted by molar-refractivity contribution is 0.252. The van der Waals surface area contributed by atoms with Gasteiger partial charge >= 0.3 is 0 Å². The number of benzene rings is 1. The zero-order valence-electron chi connectivity index (χ0n) is 10.3. The van der Waals surface area contributed by atoms with Gasteiger partial charge in [-0.3, -0.25) is 0 Å². The second-order valence-corrected chi connectivity index (χ2v) is 3.71. The molecule has 0 unspecified atom stereocenters. The van der Waals surface area contributed by atoms with E-state index in [1.165, 1.54) is 0 Å². The van der Waals surface area contributed by atoms with Crippen LogP contribution in [-0.2, 0) is 0 Å². The number of nitrogens with one attached hydrogen (secondary N) is 1. The summed E-state index contributed by atoms with van der Waals surface area (Å²) in [4.78, 5) is 0. The summed E-state index contributed by atoms with van der Waals surface area (Å²) in [5.74, 6) is 1.63. The molecule has 0 aliphatic heterocycles. The molecule has 4 heteroatoms. The smallest absolute Gasteiger partial charge is 0.123 e. The van der Waals surface area contributed by atoms with Gasteiger partial charge in [-0.1, -0.05) is 6.07 Å². The third-order valence-corrected chi connectivity index (χ3v) is 2.25. The zero-order valence-corrected chi connectivity index (χ0v) is 10.3. The highest BCUT2D eigenvalue weighted by atomic mass is 16.5. The number of likely N-dealkylation sites (N-methyl/N-ethyl adjacent to an activating group) is 1. The maximum Gasteiger partial charge on any atom is 0.123 e. The molecule has 0 radical (unpaired) electrons. The van der Waals surface area contributed by atoms with Crippen LogP contribution in [-0.4, -0.2) is 38.5 Å². The zero-order chi connectivity index (χ0) is 12.3. The van der Waals surface area contributed by atoms with Crippen LogP contribution in [0, 0.1) is 0 Å². The summed E-state index contributed by atoms with van der Waals surface area (Å²) in [5.41, 5.74) is 0. The number of aliphatic hydroxyl groups is 1. The average molecular weight is 239 g/mol. The Balaban J connectivity index is 2.31. The molecule has 0 saturated carbocycles. The van der Waals surface area contributed by atoms with Crippen LogP contribution in [0.15, 0.2) is 24.3 Å². The fourth-order valence-corrected chi connectivity index (χ4v) is 1.33. The van der Waals surface area contributed by atoms with Gasteiger partial charge in [-0.2, -0.15) is 0 Å². The Hall–Kier alpha value is -1.26. The minimum absolute atomic E-state index is 0.219. The molecule has 2 N–H and O–H groups in total. The lowest BCUT2D eigenvalue weighted by atomic mass is 10.3. The predicted molar refractivity (Wildman–Crippen MR) is 67.7 cm³/mol. The molecular formula is C13H21NO3. The van der Waals surface area contributed by atoms with Crippen LogP contribution in [0.5, 0.6) is 11.5 Å². The summed E-state index contributed by atoms with van der Waals surface area (Å²) in [6.07, 6.45) is 1.64. The molecule has 0 aliphatic rings. The summed E-state index contributed by atoms with van der Waals surface area (Å²) >= 11 is 0. The molecule has 4 nitrogen and oxygen atoms in total. The third kappa shape index (κ3) is 6.14. The Morgan fingerprint density at radius 1 is 1.12 bits per heavy atom. The van der Waals surface area contributed by atoms with E-state index in [4.69, 9.17) is 14.6 Å². The van der Waals surface area contributed by atoms with Crippen LogP contribution in [0.2, 0.25) is 0 Å². The molecule has 0 bridgehead atoms. The van der Waals surface area contributed by atoms with E-state index in [-0.39, 0.29) is 6.61 Å². The lowest BCUT2D eigenvalue weighted by Crippen LogP contribution is -2.15. The number of rotatable bonds is 9. The molecular weight excluding hydrogens is 218 g/mol. The van der Waals surface area contributed by atoms with Gasteiger partial charge in [0.15, 0.2) is 0 Å². The van der Waals surface area contributed by atoms with Crippen molar-refractivity contribution >= 4 is 0 Å². The highest BCUT2D eigenvalue weighted by Crippen LogP contribution is 2.19. The summed E-state index contributed by atoms with van der Waals surface area (Å²) in [6.45, 7) is 2.31. The van der Waals surface area contributed by atoms with Gasteiger partial charge in [0.1, 0.15) is 18.1 Å². The van der Waals surface area contributed by atoms with E-state index in [0.717, 1.165) is 30.9 Å². The normalized spacial score (nSPS) is 10.2. The molecule has 0 heterocycles. The van der Waals surface area contributed by atoms with Gasteiger partial charge < -0.3 is 19.9 Å². The van der Waals surface area contributed by atoms with Gasteiger partial charge in [0.05, 0.1) is 6.61 Å². The van der Waals surface area contributed by atoms with Crippen molar-refractivity contribution in [2.75, 3.05) is 33.4 Å². The minimum Gasteiger partial charge on any atom is -0.493 e. The Kier molecular flexibility index (Phi) is 7.18. The molecule has 0 aliphatic carbocycles. The van der Waals surface area contributed by atoms with Gasteiger partial charge in [0, 0.05) is 19.2 Å². The molecule has 0 amide bonds. The van der Waals surface area contributed by atoms with Crippen molar-refractivity contribution in [1.82, 2.24) is 5.32 Å². The highest BCUT2D eigenvalue weighted by Gasteiger charge is 1.97. The van der Waals surface area contributed by atoms with Gasteiger partial charge in [-0.15, -0.1) is 0 Å². The standard InChI is InChI=1S/C13H21NO3/c1-14-7-10-17-13-6-4-5-12(11-13)16-9-3-2-8-15/h4-6,11,14-15H,2-3,7-10H2,1H3. The topological polar surface area (TPSA) is 50.7 Å². The number of hydrogen-bond donors (Lipinski definition) is 2. The van der Waals surface area contributed by atoms with Gasteiger partial charge in [-0.05, 0) is 32.0 Å². The van der Waals surface area contributed by atoms with Gasteiger partial charge in [0.25, 0.3) is 0 Å². The van der Waals surface area contributed by atoms with Crippen molar-refractivity contribution in [3.63, 3.8) is 0 Å². The van der Waals surface area contributed by atoms with Crippen LogP contribution in [0.3, 0.4) is 0 Å². The molecule has 1 rings (SSSR count). The number of unbranched alkanes of at least 4 members (excludes halogenated alkanes) is 1. The molecule has 1 aromatic carbocycles. The maximum absolute atomic E-state index is 8.65. The van der Waals surface area contributed by atoms with Crippen molar-refractivity contribution in [3.05, 3.63) is 24.3 Å².